The van der Waals surface area contributed by atoms with Crippen LogP contribution in [0, 0.1) is 0 Å². The molecule has 0 aliphatic carbocycles. The van der Waals surface area contributed by atoms with Gasteiger partial charge in [0, 0.05) is 18.3 Å². The van der Waals surface area contributed by atoms with Crippen molar-refractivity contribution in [3.8, 4) is 11.5 Å². The number of aromatic nitrogens is 2. The molecule has 0 aliphatic rings. The largest absolute Gasteiger partial charge is 0.457 e. The lowest BCUT2D eigenvalue weighted by Crippen LogP contribution is -2.47. The first-order valence-corrected chi connectivity index (χ1v) is 9.65. The van der Waals surface area contributed by atoms with Gasteiger partial charge in [-0.2, -0.15) is 0 Å². The third-order valence-corrected chi connectivity index (χ3v) is 5.52. The van der Waals surface area contributed by atoms with E-state index in [1.165, 1.54) is 36.8 Å². The van der Waals surface area contributed by atoms with Gasteiger partial charge in [0.15, 0.2) is 0 Å². The molecule has 10 heteroatoms. The molecule has 1 atom stereocenters. The van der Waals surface area contributed by atoms with E-state index in [4.69, 9.17) is 10.5 Å². The maximum atomic E-state index is 12.7. The van der Waals surface area contributed by atoms with Gasteiger partial charge in [-0.1, -0.05) is 22.7 Å². The second-order valence-corrected chi connectivity index (χ2v) is 7.66. The molecule has 4 N–H and O–H groups in total. The van der Waals surface area contributed by atoms with E-state index < -0.39 is 22.0 Å². The van der Waals surface area contributed by atoms with Crippen LogP contribution in [0.5, 0.6) is 11.5 Å². The smallest absolute Gasteiger partial charge is 0.265 e. The summed E-state index contributed by atoms with van der Waals surface area (Å²) in [4.78, 5) is 18.0. The van der Waals surface area contributed by atoms with E-state index in [0.717, 1.165) is 0 Å². The fourth-order valence-corrected chi connectivity index (χ4v) is 3.68. The van der Waals surface area contributed by atoms with Gasteiger partial charge in [-0.05, 0) is 36.4 Å². The highest BCUT2D eigenvalue weighted by Crippen LogP contribution is 2.24. The molecule has 0 saturated heterocycles. The first-order valence-electron chi connectivity index (χ1n) is 8.21. The van der Waals surface area contributed by atoms with Gasteiger partial charge in [0.25, 0.3) is 10.0 Å². The molecule has 28 heavy (non-hydrogen) atoms. The SMILES string of the molecule is NC(=O)[C@@H](Cc1cnc[nH]1)N(O)S(=O)(=O)c1ccc(Oc2ccccc2)cc1. The summed E-state index contributed by atoms with van der Waals surface area (Å²) in [7, 11) is -4.38. The number of nitrogens with two attached hydrogens (primary N) is 1. The van der Waals surface area contributed by atoms with Gasteiger partial charge in [0.2, 0.25) is 5.91 Å². The number of hydrogen-bond donors (Lipinski definition) is 3. The van der Waals surface area contributed by atoms with Crippen LogP contribution in [0.15, 0.2) is 72.0 Å². The van der Waals surface area contributed by atoms with Crippen LogP contribution in [0.4, 0.5) is 0 Å². The molecular weight excluding hydrogens is 384 g/mol. The van der Waals surface area contributed by atoms with Crippen LogP contribution >= 0.6 is 0 Å². The van der Waals surface area contributed by atoms with Crippen LogP contribution in [0.1, 0.15) is 5.69 Å². The van der Waals surface area contributed by atoms with E-state index in [2.05, 4.69) is 9.97 Å². The van der Waals surface area contributed by atoms with Crippen LogP contribution < -0.4 is 10.5 Å². The van der Waals surface area contributed by atoms with Gasteiger partial charge < -0.3 is 15.5 Å². The summed E-state index contributed by atoms with van der Waals surface area (Å²) >= 11 is 0. The number of para-hydroxylation sites is 1. The van der Waals surface area contributed by atoms with Crippen LogP contribution in [0.2, 0.25) is 0 Å². The van der Waals surface area contributed by atoms with Gasteiger partial charge in [0.05, 0.1) is 11.2 Å². The number of benzene rings is 2. The number of ether oxygens (including phenoxy) is 1. The number of primary amides is 1. The van der Waals surface area contributed by atoms with Crippen molar-refractivity contribution < 1.29 is 23.2 Å². The molecule has 0 aliphatic heterocycles. The Kier molecular flexibility index (Phi) is 5.73. The minimum atomic E-state index is -4.38. The van der Waals surface area contributed by atoms with Gasteiger partial charge in [0.1, 0.15) is 17.5 Å². The Morgan fingerprint density at radius 1 is 1.14 bits per heavy atom. The summed E-state index contributed by atoms with van der Waals surface area (Å²) in [6.45, 7) is 0. The number of aromatic amines is 1. The Morgan fingerprint density at radius 2 is 1.79 bits per heavy atom. The molecule has 2 aromatic carbocycles. The molecule has 3 rings (SSSR count). The van der Waals surface area contributed by atoms with Crippen LogP contribution in [0.25, 0.3) is 0 Å². The molecule has 1 heterocycles. The molecule has 0 saturated carbocycles. The van der Waals surface area contributed by atoms with E-state index in [1.54, 1.807) is 24.3 Å². The number of carbonyl (C=O) groups is 1. The number of nitrogens with one attached hydrogen (secondary N) is 1. The van der Waals surface area contributed by atoms with E-state index in [1.807, 2.05) is 6.07 Å². The first kappa shape index (κ1) is 19.5. The van der Waals surface area contributed by atoms with E-state index in [0.29, 0.717) is 17.2 Å². The normalized spacial score (nSPS) is 12.6. The summed E-state index contributed by atoms with van der Waals surface area (Å²) in [5, 5.41) is 10.2. The maximum Gasteiger partial charge on any atom is 0.265 e. The second-order valence-electron chi connectivity index (χ2n) is 5.86. The molecule has 0 fully saturated rings. The van der Waals surface area contributed by atoms with Gasteiger partial charge in [-0.15, -0.1) is 0 Å². The Labute approximate surface area is 161 Å². The molecule has 0 bridgehead atoms. The fourth-order valence-electron chi connectivity index (χ4n) is 2.47. The molecule has 3 aromatic rings. The Morgan fingerprint density at radius 3 is 2.36 bits per heavy atom. The predicted octanol–water partition coefficient (Wildman–Crippen LogP) is 1.68. The van der Waals surface area contributed by atoms with Crippen molar-refractivity contribution in [2.45, 2.75) is 17.4 Å². The topological polar surface area (TPSA) is 139 Å². The molecule has 0 unspecified atom stereocenters. The number of hydroxylamine groups is 1. The Balaban J connectivity index is 1.79. The minimum absolute atomic E-state index is 0.0246. The van der Waals surface area contributed by atoms with E-state index in [9.17, 15) is 18.4 Å². The summed E-state index contributed by atoms with van der Waals surface area (Å²) < 4.78 is 30.9. The van der Waals surface area contributed by atoms with E-state index in [-0.39, 0.29) is 15.8 Å². The Hall–Kier alpha value is -3.21. The third kappa shape index (κ3) is 4.36. The monoisotopic (exact) mass is 402 g/mol. The summed E-state index contributed by atoms with van der Waals surface area (Å²) in [6.07, 6.45) is 2.63. The van der Waals surface area contributed by atoms with E-state index >= 15 is 0 Å². The quantitative estimate of drug-likeness (QED) is 0.490. The highest BCUT2D eigenvalue weighted by atomic mass is 32.2. The zero-order valence-corrected chi connectivity index (χ0v) is 15.4. The van der Waals surface area contributed by atoms with Gasteiger partial charge >= 0.3 is 0 Å². The molecule has 0 radical (unpaired) electrons. The number of rotatable bonds is 8. The van der Waals surface area contributed by atoms with Crippen molar-refractivity contribution in [2.24, 2.45) is 5.73 Å². The maximum absolute atomic E-state index is 12.7. The second kappa shape index (κ2) is 8.21. The summed E-state index contributed by atoms with van der Waals surface area (Å²) in [5.41, 5.74) is 5.73. The van der Waals surface area contributed by atoms with Crippen LogP contribution in [0.3, 0.4) is 0 Å². The molecular formula is C18H18N4O5S. The molecule has 1 amide bonds. The van der Waals surface area contributed by atoms with Crippen molar-refractivity contribution in [3.05, 3.63) is 72.8 Å². The molecule has 9 nitrogen and oxygen atoms in total. The predicted molar refractivity (Wildman–Crippen MR) is 99.0 cm³/mol. The van der Waals surface area contributed by atoms with Crippen LogP contribution in [-0.4, -0.2) is 40.0 Å². The van der Waals surface area contributed by atoms with Gasteiger partial charge in [-0.25, -0.2) is 13.4 Å². The summed E-state index contributed by atoms with van der Waals surface area (Å²) in [5.74, 6) is 0.0125. The average Bonchev–Trinajstić information content (AvgIpc) is 3.20. The number of sulfonamides is 1. The lowest BCUT2D eigenvalue weighted by atomic mass is 10.2. The number of H-pyrrole nitrogens is 1. The minimum Gasteiger partial charge on any atom is -0.457 e. The number of hydrogen-bond acceptors (Lipinski definition) is 6. The molecule has 1 aromatic heterocycles. The Bertz CT molecular complexity index is 1020. The van der Waals surface area contributed by atoms with Crippen molar-refractivity contribution in [1.29, 1.82) is 0 Å². The van der Waals surface area contributed by atoms with Crippen molar-refractivity contribution >= 4 is 15.9 Å². The highest BCUT2D eigenvalue weighted by Gasteiger charge is 2.34. The number of carbonyl (C=O) groups excluding carboxylic acids is 1. The first-order chi connectivity index (χ1) is 13.4. The highest BCUT2D eigenvalue weighted by molar-refractivity contribution is 7.89. The fraction of sp³-hybridized carbons (Fsp3) is 0.111. The number of nitrogens with zero attached hydrogens (tertiary/aromatic N) is 2. The van der Waals surface area contributed by atoms with Crippen molar-refractivity contribution in [3.63, 3.8) is 0 Å². The van der Waals surface area contributed by atoms with Crippen molar-refractivity contribution in [2.75, 3.05) is 0 Å². The zero-order valence-electron chi connectivity index (χ0n) is 14.6. The third-order valence-electron chi connectivity index (χ3n) is 3.91. The lowest BCUT2D eigenvalue weighted by molar-refractivity contribution is -0.131. The molecule has 146 valence electrons. The van der Waals surface area contributed by atoms with Crippen molar-refractivity contribution in [1.82, 2.24) is 14.4 Å². The average molecular weight is 402 g/mol. The summed E-state index contributed by atoms with van der Waals surface area (Å²) in [6, 6.07) is 12.9. The molecule has 0 spiro atoms. The van der Waals surface area contributed by atoms with Crippen LogP contribution in [-0.2, 0) is 21.2 Å². The number of amides is 1. The number of imidazole rings is 1. The zero-order chi connectivity index (χ0) is 20.1. The van der Waals surface area contributed by atoms with Gasteiger partial charge in [-0.3, -0.25) is 10.0 Å². The standard InChI is InChI=1S/C18H18N4O5S/c19-18(23)17(10-13-11-20-12-21-13)22(24)28(25,26)16-8-6-15(7-9-16)27-14-4-2-1-3-5-14/h1-9,11-12,17,24H,10H2,(H2,19,23)(H,20,21)/t17-/m1/s1. The lowest BCUT2D eigenvalue weighted by Gasteiger charge is -2.22.